The van der Waals surface area contributed by atoms with Gasteiger partial charge >= 0.3 is 5.97 Å². The van der Waals surface area contributed by atoms with Crippen LogP contribution in [-0.2, 0) is 22.4 Å². The molecule has 5 heteroatoms. The van der Waals surface area contributed by atoms with Gasteiger partial charge in [0.15, 0.2) is 6.10 Å². The van der Waals surface area contributed by atoms with Gasteiger partial charge in [-0.2, -0.15) is 0 Å². The lowest BCUT2D eigenvalue weighted by Gasteiger charge is -2.25. The van der Waals surface area contributed by atoms with Gasteiger partial charge in [-0.1, -0.05) is 18.2 Å². The maximum absolute atomic E-state index is 11.5. The summed E-state index contributed by atoms with van der Waals surface area (Å²) in [5.74, 6) is 0.705. The Morgan fingerprint density at radius 3 is 2.88 bits per heavy atom. The van der Waals surface area contributed by atoms with Crippen LogP contribution in [0.5, 0.6) is 11.5 Å². The van der Waals surface area contributed by atoms with Gasteiger partial charge in [0.25, 0.3) is 0 Å². The Kier molecular flexibility index (Phi) is 3.65. The van der Waals surface area contributed by atoms with Crippen LogP contribution < -0.4 is 9.47 Å². The van der Waals surface area contributed by atoms with E-state index in [-0.39, 0.29) is 0 Å². The SMILES string of the molecule is COc1cc2c(c(-c3cccc4c3CCOC4C(=O)O)c1)OCC2. The normalized spacial score (nSPS) is 18.5. The van der Waals surface area contributed by atoms with Crippen molar-refractivity contribution in [2.75, 3.05) is 20.3 Å². The fourth-order valence-corrected chi connectivity index (χ4v) is 3.55. The molecule has 2 aliphatic heterocycles. The molecule has 1 N–H and O–H groups in total. The number of carbonyl (C=O) groups is 1. The molecule has 2 heterocycles. The predicted octanol–water partition coefficient (Wildman–Crippen LogP) is 3.00. The molecule has 124 valence electrons. The number of hydrogen-bond acceptors (Lipinski definition) is 4. The van der Waals surface area contributed by atoms with Crippen LogP contribution >= 0.6 is 0 Å². The van der Waals surface area contributed by atoms with Gasteiger partial charge in [0.05, 0.1) is 20.3 Å². The van der Waals surface area contributed by atoms with E-state index < -0.39 is 12.1 Å². The Morgan fingerprint density at radius 1 is 1.21 bits per heavy atom. The maximum atomic E-state index is 11.5. The molecule has 1 unspecified atom stereocenters. The fourth-order valence-electron chi connectivity index (χ4n) is 3.55. The predicted molar refractivity (Wildman–Crippen MR) is 87.7 cm³/mol. The molecule has 0 aromatic heterocycles. The van der Waals surface area contributed by atoms with Crippen LogP contribution in [0.1, 0.15) is 22.8 Å². The quantitative estimate of drug-likeness (QED) is 0.939. The Bertz CT molecular complexity index is 812. The first kappa shape index (κ1) is 15.0. The Labute approximate surface area is 139 Å². The number of methoxy groups -OCH3 is 1. The van der Waals surface area contributed by atoms with Crippen molar-refractivity contribution in [3.05, 3.63) is 47.0 Å². The number of rotatable bonds is 3. The van der Waals surface area contributed by atoms with Gasteiger partial charge in [-0.3, -0.25) is 0 Å². The zero-order valence-corrected chi connectivity index (χ0v) is 13.4. The first-order chi connectivity index (χ1) is 11.7. The zero-order chi connectivity index (χ0) is 16.7. The van der Waals surface area contributed by atoms with Crippen molar-refractivity contribution in [2.24, 2.45) is 0 Å². The molecule has 0 fully saturated rings. The number of ether oxygens (including phenoxy) is 3. The fraction of sp³-hybridized carbons (Fsp3) is 0.316. The molecule has 1 atom stereocenters. The minimum Gasteiger partial charge on any atom is -0.497 e. The molecule has 0 saturated carbocycles. The van der Waals surface area contributed by atoms with Crippen molar-refractivity contribution in [1.82, 2.24) is 0 Å². The monoisotopic (exact) mass is 326 g/mol. The van der Waals surface area contributed by atoms with Crippen molar-refractivity contribution in [2.45, 2.75) is 18.9 Å². The van der Waals surface area contributed by atoms with Crippen molar-refractivity contribution in [3.8, 4) is 22.6 Å². The van der Waals surface area contributed by atoms with E-state index in [1.807, 2.05) is 30.3 Å². The molecule has 2 aliphatic rings. The highest BCUT2D eigenvalue weighted by atomic mass is 16.5. The second-order valence-electron chi connectivity index (χ2n) is 5.97. The largest absolute Gasteiger partial charge is 0.497 e. The van der Waals surface area contributed by atoms with E-state index >= 15 is 0 Å². The Morgan fingerprint density at radius 2 is 2.08 bits per heavy atom. The van der Waals surface area contributed by atoms with Gasteiger partial charge in [-0.25, -0.2) is 4.79 Å². The van der Waals surface area contributed by atoms with Crippen molar-refractivity contribution in [3.63, 3.8) is 0 Å². The van der Waals surface area contributed by atoms with Crippen LogP contribution in [0.4, 0.5) is 0 Å². The van der Waals surface area contributed by atoms with Gasteiger partial charge in [-0.15, -0.1) is 0 Å². The summed E-state index contributed by atoms with van der Waals surface area (Å²) in [6.07, 6.45) is 0.629. The van der Waals surface area contributed by atoms with Crippen LogP contribution in [0.3, 0.4) is 0 Å². The van der Waals surface area contributed by atoms with Crippen LogP contribution in [-0.4, -0.2) is 31.4 Å². The number of carboxylic acids is 1. The standard InChI is InChI=1S/C19H18O5/c1-22-12-9-11-5-7-23-17(11)16(10-12)13-3-2-4-15-14(13)6-8-24-18(15)19(20)21/h2-4,9-10,18H,5-8H2,1H3,(H,20,21). The van der Waals surface area contributed by atoms with E-state index in [1.54, 1.807) is 7.11 Å². The van der Waals surface area contributed by atoms with Crippen LogP contribution in [0, 0.1) is 0 Å². The van der Waals surface area contributed by atoms with Crippen molar-refractivity contribution in [1.29, 1.82) is 0 Å². The van der Waals surface area contributed by atoms with Crippen LogP contribution in [0.25, 0.3) is 11.1 Å². The highest BCUT2D eigenvalue weighted by molar-refractivity contribution is 5.81. The molecule has 24 heavy (non-hydrogen) atoms. The van der Waals surface area contributed by atoms with Gasteiger partial charge in [0.1, 0.15) is 11.5 Å². The van der Waals surface area contributed by atoms with Crippen molar-refractivity contribution >= 4 is 5.97 Å². The number of benzene rings is 2. The van der Waals surface area contributed by atoms with E-state index in [4.69, 9.17) is 14.2 Å². The molecule has 2 aromatic carbocycles. The topological polar surface area (TPSA) is 65.0 Å². The molecule has 0 spiro atoms. The van der Waals surface area contributed by atoms with E-state index in [1.165, 1.54) is 0 Å². The summed E-state index contributed by atoms with van der Waals surface area (Å²) >= 11 is 0. The first-order valence-corrected chi connectivity index (χ1v) is 7.99. The lowest BCUT2D eigenvalue weighted by atomic mass is 9.88. The summed E-state index contributed by atoms with van der Waals surface area (Å²) in [6.45, 7) is 1.05. The molecule has 0 bridgehead atoms. The highest BCUT2D eigenvalue weighted by Gasteiger charge is 2.30. The van der Waals surface area contributed by atoms with Crippen LogP contribution in [0.2, 0.25) is 0 Å². The van der Waals surface area contributed by atoms with Gasteiger partial charge in [0, 0.05) is 17.5 Å². The minimum atomic E-state index is -0.958. The second-order valence-corrected chi connectivity index (χ2v) is 5.97. The molecule has 5 nitrogen and oxygen atoms in total. The summed E-state index contributed by atoms with van der Waals surface area (Å²) in [5.41, 5.74) is 4.83. The van der Waals surface area contributed by atoms with Crippen LogP contribution in [0.15, 0.2) is 30.3 Å². The maximum Gasteiger partial charge on any atom is 0.337 e. The third-order valence-electron chi connectivity index (χ3n) is 4.64. The van der Waals surface area contributed by atoms with E-state index in [0.717, 1.165) is 45.7 Å². The number of hydrogen-bond donors (Lipinski definition) is 1. The molecule has 0 saturated heterocycles. The molecule has 4 rings (SSSR count). The lowest BCUT2D eigenvalue weighted by molar-refractivity contribution is -0.151. The summed E-state index contributed by atoms with van der Waals surface area (Å²) in [7, 11) is 1.65. The molecule has 0 aliphatic carbocycles. The molecule has 0 amide bonds. The minimum absolute atomic E-state index is 0.397. The summed E-state index contributed by atoms with van der Waals surface area (Å²) in [6, 6.07) is 9.69. The molecular weight excluding hydrogens is 308 g/mol. The van der Waals surface area contributed by atoms with E-state index in [9.17, 15) is 9.90 Å². The first-order valence-electron chi connectivity index (χ1n) is 7.99. The number of aliphatic carboxylic acids is 1. The highest BCUT2D eigenvalue weighted by Crippen LogP contribution is 2.43. The summed E-state index contributed by atoms with van der Waals surface area (Å²) in [5, 5.41) is 9.41. The van der Waals surface area contributed by atoms with E-state index in [2.05, 4.69) is 0 Å². The Balaban J connectivity index is 1.91. The summed E-state index contributed by atoms with van der Waals surface area (Å²) < 4.78 is 16.7. The molecule has 0 radical (unpaired) electrons. The summed E-state index contributed by atoms with van der Waals surface area (Å²) in [4.78, 5) is 11.5. The average molecular weight is 326 g/mol. The van der Waals surface area contributed by atoms with Crippen molar-refractivity contribution < 1.29 is 24.1 Å². The third kappa shape index (κ3) is 2.32. The second kappa shape index (κ2) is 5.83. The third-order valence-corrected chi connectivity index (χ3v) is 4.64. The van der Waals surface area contributed by atoms with Gasteiger partial charge in [-0.05, 0) is 35.2 Å². The van der Waals surface area contributed by atoms with Gasteiger partial charge < -0.3 is 19.3 Å². The number of carboxylic acid groups (broad SMARTS) is 1. The molecule has 2 aromatic rings. The number of fused-ring (bicyclic) bond motifs is 2. The Hall–Kier alpha value is -2.53. The van der Waals surface area contributed by atoms with E-state index in [0.29, 0.717) is 19.6 Å². The zero-order valence-electron chi connectivity index (χ0n) is 13.4. The lowest BCUT2D eigenvalue weighted by Crippen LogP contribution is -2.23. The smallest absolute Gasteiger partial charge is 0.337 e. The molecular formula is C19H18O5. The van der Waals surface area contributed by atoms with Gasteiger partial charge in [0.2, 0.25) is 0 Å². The average Bonchev–Trinajstić information content (AvgIpc) is 3.08.